The van der Waals surface area contributed by atoms with Crippen molar-refractivity contribution >= 4 is 21.6 Å². The van der Waals surface area contributed by atoms with Gasteiger partial charge < -0.3 is 0 Å². The summed E-state index contributed by atoms with van der Waals surface area (Å²) in [5, 5.41) is 0. The average molecular weight is 288 g/mol. The second kappa shape index (κ2) is 5.59. The second-order valence-corrected chi connectivity index (χ2v) is 7.12. The zero-order valence-electron chi connectivity index (χ0n) is 10.5. The molecule has 1 atom stereocenters. The van der Waals surface area contributed by atoms with E-state index in [1.54, 1.807) is 16.4 Å². The van der Waals surface area contributed by atoms with Gasteiger partial charge in [0.15, 0.2) is 0 Å². The molecule has 1 heterocycles. The van der Waals surface area contributed by atoms with Crippen LogP contribution in [0.25, 0.3) is 0 Å². The van der Waals surface area contributed by atoms with Crippen LogP contribution in [0.15, 0.2) is 29.2 Å². The smallest absolute Gasteiger partial charge is 0.207 e. The number of alkyl halides is 1. The van der Waals surface area contributed by atoms with E-state index in [9.17, 15) is 8.42 Å². The minimum atomic E-state index is -3.32. The summed E-state index contributed by atoms with van der Waals surface area (Å²) in [6.07, 6.45) is 1.80. The lowest BCUT2D eigenvalue weighted by atomic mass is 10.1. The molecule has 1 aliphatic heterocycles. The molecule has 18 heavy (non-hydrogen) atoms. The number of aryl methyl sites for hydroxylation is 1. The van der Waals surface area contributed by atoms with Gasteiger partial charge in [-0.15, -0.1) is 11.6 Å². The van der Waals surface area contributed by atoms with Gasteiger partial charge in [0.25, 0.3) is 0 Å². The standard InChI is InChI=1S/C13H18ClNO2S/c1-11-2-4-13(5-3-11)18(16,17)15-9-7-12(10-15)6-8-14/h2-5,12H,6-10H2,1H3. The molecule has 0 amide bonds. The fourth-order valence-corrected chi connectivity index (χ4v) is 4.10. The molecule has 0 saturated carbocycles. The number of sulfonamides is 1. The minimum Gasteiger partial charge on any atom is -0.207 e. The van der Waals surface area contributed by atoms with Crippen LogP contribution in [0.2, 0.25) is 0 Å². The normalized spacial score (nSPS) is 21.3. The van der Waals surface area contributed by atoms with Gasteiger partial charge in [-0.1, -0.05) is 17.7 Å². The van der Waals surface area contributed by atoms with Crippen LogP contribution in [0.4, 0.5) is 0 Å². The maximum absolute atomic E-state index is 12.4. The molecule has 100 valence electrons. The monoisotopic (exact) mass is 287 g/mol. The summed E-state index contributed by atoms with van der Waals surface area (Å²) in [6.45, 7) is 3.16. The molecule has 1 aromatic carbocycles. The van der Waals surface area contributed by atoms with E-state index < -0.39 is 10.0 Å². The van der Waals surface area contributed by atoms with Crippen LogP contribution < -0.4 is 0 Å². The number of rotatable bonds is 4. The van der Waals surface area contributed by atoms with Gasteiger partial charge in [-0.2, -0.15) is 4.31 Å². The molecule has 3 nitrogen and oxygen atoms in total. The molecule has 0 bridgehead atoms. The van der Waals surface area contributed by atoms with Gasteiger partial charge in [-0.3, -0.25) is 0 Å². The average Bonchev–Trinajstić information content (AvgIpc) is 2.79. The Morgan fingerprint density at radius 2 is 2.00 bits per heavy atom. The number of hydrogen-bond acceptors (Lipinski definition) is 2. The van der Waals surface area contributed by atoms with E-state index in [4.69, 9.17) is 11.6 Å². The van der Waals surface area contributed by atoms with Gasteiger partial charge in [0.2, 0.25) is 10.0 Å². The lowest BCUT2D eigenvalue weighted by Gasteiger charge is -2.16. The number of nitrogens with zero attached hydrogens (tertiary/aromatic N) is 1. The van der Waals surface area contributed by atoms with Crippen LogP contribution in [-0.2, 0) is 10.0 Å². The Balaban J connectivity index is 2.15. The Morgan fingerprint density at radius 3 is 2.61 bits per heavy atom. The van der Waals surface area contributed by atoms with Crippen LogP contribution in [0, 0.1) is 12.8 Å². The van der Waals surface area contributed by atoms with Crippen molar-refractivity contribution in [1.82, 2.24) is 4.31 Å². The Labute approximate surface area is 114 Å². The molecule has 2 rings (SSSR count). The van der Waals surface area contributed by atoms with Gasteiger partial charge in [-0.05, 0) is 37.8 Å². The lowest BCUT2D eigenvalue weighted by molar-refractivity contribution is 0.453. The third-order valence-electron chi connectivity index (χ3n) is 3.42. The van der Waals surface area contributed by atoms with Crippen LogP contribution in [-0.4, -0.2) is 31.7 Å². The molecule has 1 aromatic rings. The fourth-order valence-electron chi connectivity index (χ4n) is 2.26. The highest BCUT2D eigenvalue weighted by molar-refractivity contribution is 7.89. The Hall–Kier alpha value is -0.580. The predicted octanol–water partition coefficient (Wildman–Crippen LogP) is 2.63. The molecule has 0 aliphatic carbocycles. The van der Waals surface area contributed by atoms with Crippen molar-refractivity contribution < 1.29 is 8.42 Å². The number of hydrogen-bond donors (Lipinski definition) is 0. The van der Waals surface area contributed by atoms with Crippen molar-refractivity contribution in [1.29, 1.82) is 0 Å². The molecular formula is C13H18ClNO2S. The summed E-state index contributed by atoms with van der Waals surface area (Å²) >= 11 is 5.71. The van der Waals surface area contributed by atoms with E-state index in [2.05, 4.69) is 0 Å². The maximum Gasteiger partial charge on any atom is 0.243 e. The first-order valence-electron chi connectivity index (χ1n) is 6.17. The molecule has 0 aromatic heterocycles. The highest BCUT2D eigenvalue weighted by Gasteiger charge is 2.31. The quantitative estimate of drug-likeness (QED) is 0.799. The lowest BCUT2D eigenvalue weighted by Crippen LogP contribution is -2.28. The predicted molar refractivity (Wildman–Crippen MR) is 73.4 cm³/mol. The van der Waals surface area contributed by atoms with Gasteiger partial charge in [0.1, 0.15) is 0 Å². The maximum atomic E-state index is 12.4. The number of halogens is 1. The van der Waals surface area contributed by atoms with E-state index in [1.807, 2.05) is 19.1 Å². The third-order valence-corrected chi connectivity index (χ3v) is 5.52. The second-order valence-electron chi connectivity index (χ2n) is 4.81. The number of benzene rings is 1. The Morgan fingerprint density at radius 1 is 1.33 bits per heavy atom. The van der Waals surface area contributed by atoms with Gasteiger partial charge in [0, 0.05) is 19.0 Å². The Bertz CT molecular complexity index is 498. The first-order chi connectivity index (χ1) is 8.54. The summed E-state index contributed by atoms with van der Waals surface area (Å²) in [4.78, 5) is 0.389. The van der Waals surface area contributed by atoms with Crippen molar-refractivity contribution in [2.45, 2.75) is 24.7 Å². The SMILES string of the molecule is Cc1ccc(S(=O)(=O)N2CCC(CCCl)C2)cc1. The van der Waals surface area contributed by atoms with Crippen LogP contribution in [0.1, 0.15) is 18.4 Å². The molecule has 1 unspecified atom stereocenters. The largest absolute Gasteiger partial charge is 0.243 e. The molecule has 0 spiro atoms. The summed E-state index contributed by atoms with van der Waals surface area (Å²) in [7, 11) is -3.32. The topological polar surface area (TPSA) is 37.4 Å². The van der Waals surface area contributed by atoms with Crippen LogP contribution in [0.5, 0.6) is 0 Å². The summed E-state index contributed by atoms with van der Waals surface area (Å²) < 4.78 is 26.4. The zero-order chi connectivity index (χ0) is 13.2. The van der Waals surface area contributed by atoms with Crippen molar-refractivity contribution in [2.24, 2.45) is 5.92 Å². The third kappa shape index (κ3) is 2.87. The van der Waals surface area contributed by atoms with Crippen molar-refractivity contribution in [3.05, 3.63) is 29.8 Å². The highest BCUT2D eigenvalue weighted by Crippen LogP contribution is 2.26. The van der Waals surface area contributed by atoms with Crippen molar-refractivity contribution in [3.8, 4) is 0 Å². The van der Waals surface area contributed by atoms with E-state index in [-0.39, 0.29) is 0 Å². The highest BCUT2D eigenvalue weighted by atomic mass is 35.5. The van der Waals surface area contributed by atoms with E-state index >= 15 is 0 Å². The first-order valence-corrected chi connectivity index (χ1v) is 8.14. The molecular weight excluding hydrogens is 270 g/mol. The van der Waals surface area contributed by atoms with E-state index in [1.165, 1.54) is 0 Å². The Kier molecular flexibility index (Phi) is 4.30. The molecule has 0 N–H and O–H groups in total. The van der Waals surface area contributed by atoms with Crippen molar-refractivity contribution in [2.75, 3.05) is 19.0 Å². The molecule has 1 aliphatic rings. The summed E-state index contributed by atoms with van der Waals surface area (Å²) in [5.74, 6) is 1.01. The molecule has 1 fully saturated rings. The molecule has 0 radical (unpaired) electrons. The summed E-state index contributed by atoms with van der Waals surface area (Å²) in [5.41, 5.74) is 1.07. The van der Waals surface area contributed by atoms with Crippen LogP contribution in [0.3, 0.4) is 0 Å². The van der Waals surface area contributed by atoms with Gasteiger partial charge in [0.05, 0.1) is 4.90 Å². The van der Waals surface area contributed by atoms with E-state index in [0.29, 0.717) is 29.8 Å². The van der Waals surface area contributed by atoms with Gasteiger partial charge >= 0.3 is 0 Å². The minimum absolute atomic E-state index is 0.389. The zero-order valence-corrected chi connectivity index (χ0v) is 12.0. The van der Waals surface area contributed by atoms with Crippen LogP contribution >= 0.6 is 11.6 Å². The van der Waals surface area contributed by atoms with E-state index in [0.717, 1.165) is 18.4 Å². The molecule has 5 heteroatoms. The first kappa shape index (κ1) is 13.8. The summed E-state index contributed by atoms with van der Waals surface area (Å²) in [6, 6.07) is 7.03. The van der Waals surface area contributed by atoms with Gasteiger partial charge in [-0.25, -0.2) is 8.42 Å². The van der Waals surface area contributed by atoms with Crippen molar-refractivity contribution in [3.63, 3.8) is 0 Å². The fraction of sp³-hybridized carbons (Fsp3) is 0.538. The molecule has 1 saturated heterocycles.